The Morgan fingerprint density at radius 2 is 1.46 bits per heavy atom. The highest BCUT2D eigenvalue weighted by atomic mass is 16.5. The van der Waals surface area contributed by atoms with Gasteiger partial charge in [-0.3, -0.25) is 4.79 Å². The third kappa shape index (κ3) is 4.80. The predicted octanol–water partition coefficient (Wildman–Crippen LogP) is 4.74. The van der Waals surface area contributed by atoms with E-state index in [9.17, 15) is 9.59 Å². The molecule has 3 rings (SSSR count). The average Bonchev–Trinajstić information content (AvgIpc) is 2.77. The Hall–Kier alpha value is -3.97. The number of ether oxygens (including phenoxy) is 1. The van der Waals surface area contributed by atoms with E-state index in [1.165, 1.54) is 6.08 Å². The van der Waals surface area contributed by atoms with E-state index < -0.39 is 12.1 Å². The molecule has 0 N–H and O–H groups in total. The number of rotatable bonds is 6. The predicted molar refractivity (Wildman–Crippen MR) is 106 cm³/mol. The fourth-order valence-corrected chi connectivity index (χ4v) is 2.64. The summed E-state index contributed by atoms with van der Waals surface area (Å²) in [5, 5.41) is 8.83. The maximum atomic E-state index is 12.9. The molecule has 0 fully saturated rings. The van der Waals surface area contributed by atoms with Gasteiger partial charge in [0.1, 0.15) is 0 Å². The van der Waals surface area contributed by atoms with Crippen LogP contribution in [0.1, 0.15) is 33.2 Å². The molecule has 3 aromatic rings. The van der Waals surface area contributed by atoms with E-state index in [1.807, 2.05) is 18.2 Å². The number of Topliss-reactive ketones (excluding diaryl/α,β-unsaturated/α-hetero) is 1. The fraction of sp³-hybridized carbons (Fsp3) is 0.0417. The highest BCUT2D eigenvalue weighted by Gasteiger charge is 2.25. The Morgan fingerprint density at radius 1 is 0.857 bits per heavy atom. The molecule has 0 saturated carbocycles. The topological polar surface area (TPSA) is 67.2 Å². The van der Waals surface area contributed by atoms with Crippen LogP contribution in [-0.4, -0.2) is 11.8 Å². The lowest BCUT2D eigenvalue weighted by molar-refractivity contribution is -0.141. The summed E-state index contributed by atoms with van der Waals surface area (Å²) in [6.07, 6.45) is 1.83. The average molecular weight is 367 g/mol. The molecular weight excluding hydrogens is 350 g/mol. The van der Waals surface area contributed by atoms with Crippen LogP contribution in [0.3, 0.4) is 0 Å². The number of hydrogen-bond donors (Lipinski definition) is 0. The first-order valence-corrected chi connectivity index (χ1v) is 8.70. The normalized spacial score (nSPS) is 11.5. The molecule has 28 heavy (non-hydrogen) atoms. The van der Waals surface area contributed by atoms with Gasteiger partial charge in [0.15, 0.2) is 6.10 Å². The number of carbonyl (C=O) groups excluding carboxylic acids is 2. The van der Waals surface area contributed by atoms with E-state index in [0.717, 1.165) is 5.56 Å². The van der Waals surface area contributed by atoms with Gasteiger partial charge < -0.3 is 4.74 Å². The van der Waals surface area contributed by atoms with Crippen LogP contribution >= 0.6 is 0 Å². The standard InChI is InChI=1S/C24H17NO3/c25-17-19-13-11-18(12-14-19)15-16-22(26)28-24(21-9-5-2-6-10-21)23(27)20-7-3-1-4-8-20/h1-16,24H/b16-15+/t24-/m0/s1. The number of esters is 1. The summed E-state index contributed by atoms with van der Waals surface area (Å²) in [6, 6.07) is 26.5. The third-order valence-electron chi connectivity index (χ3n) is 4.08. The van der Waals surface area contributed by atoms with Gasteiger partial charge >= 0.3 is 5.97 Å². The molecule has 4 nitrogen and oxygen atoms in total. The van der Waals surface area contributed by atoms with Gasteiger partial charge in [-0.25, -0.2) is 4.79 Å². The maximum absolute atomic E-state index is 12.9. The first kappa shape index (κ1) is 18.8. The summed E-state index contributed by atoms with van der Waals surface area (Å²) in [5.74, 6) is -0.908. The Balaban J connectivity index is 1.79. The van der Waals surface area contributed by atoms with Crippen LogP contribution in [0, 0.1) is 11.3 Å². The smallest absolute Gasteiger partial charge is 0.331 e. The lowest BCUT2D eigenvalue weighted by Crippen LogP contribution is -2.19. The molecule has 1 atom stereocenters. The number of carbonyl (C=O) groups is 2. The lowest BCUT2D eigenvalue weighted by Gasteiger charge is -2.16. The Bertz CT molecular complexity index is 1020. The molecule has 0 aliphatic carbocycles. The molecule has 0 amide bonds. The minimum absolute atomic E-state index is 0.285. The molecule has 0 aromatic heterocycles. The lowest BCUT2D eigenvalue weighted by atomic mass is 10.00. The quantitative estimate of drug-likeness (QED) is 0.359. The van der Waals surface area contributed by atoms with Crippen LogP contribution in [0.25, 0.3) is 6.08 Å². The molecule has 0 radical (unpaired) electrons. The third-order valence-corrected chi connectivity index (χ3v) is 4.08. The molecule has 0 spiro atoms. The van der Waals surface area contributed by atoms with Crippen molar-refractivity contribution in [3.63, 3.8) is 0 Å². The fourth-order valence-electron chi connectivity index (χ4n) is 2.64. The van der Waals surface area contributed by atoms with Crippen LogP contribution in [0.2, 0.25) is 0 Å². The number of benzene rings is 3. The van der Waals surface area contributed by atoms with E-state index >= 15 is 0 Å². The molecule has 136 valence electrons. The number of nitriles is 1. The Labute approximate surface area is 163 Å². The number of nitrogens with zero attached hydrogens (tertiary/aromatic N) is 1. The van der Waals surface area contributed by atoms with Crippen LogP contribution in [0.15, 0.2) is 91.0 Å². The molecule has 0 heterocycles. The van der Waals surface area contributed by atoms with Gasteiger partial charge in [0.05, 0.1) is 11.6 Å². The van der Waals surface area contributed by atoms with Gasteiger partial charge in [-0.05, 0) is 23.8 Å². The second-order valence-corrected chi connectivity index (χ2v) is 6.03. The van der Waals surface area contributed by atoms with E-state index in [1.54, 1.807) is 78.9 Å². The molecule has 3 aromatic carbocycles. The van der Waals surface area contributed by atoms with Crippen LogP contribution in [-0.2, 0) is 9.53 Å². The van der Waals surface area contributed by atoms with Crippen LogP contribution in [0.4, 0.5) is 0 Å². The molecule has 0 bridgehead atoms. The minimum atomic E-state index is -1.03. The largest absolute Gasteiger partial charge is 0.446 e. The van der Waals surface area contributed by atoms with E-state index in [0.29, 0.717) is 16.7 Å². The SMILES string of the molecule is N#Cc1ccc(/C=C/C(=O)O[C@H](C(=O)c2ccccc2)c2ccccc2)cc1. The molecule has 0 aliphatic heterocycles. The van der Waals surface area contributed by atoms with Crippen molar-refractivity contribution < 1.29 is 14.3 Å². The summed E-state index contributed by atoms with van der Waals surface area (Å²) < 4.78 is 5.49. The van der Waals surface area contributed by atoms with Gasteiger partial charge in [-0.1, -0.05) is 72.8 Å². The summed E-state index contributed by atoms with van der Waals surface area (Å²) in [4.78, 5) is 25.2. The first-order chi connectivity index (χ1) is 13.7. The number of hydrogen-bond acceptors (Lipinski definition) is 4. The summed E-state index contributed by atoms with van der Waals surface area (Å²) >= 11 is 0. The van der Waals surface area contributed by atoms with Crippen molar-refractivity contribution in [2.24, 2.45) is 0 Å². The van der Waals surface area contributed by atoms with Gasteiger partial charge in [0, 0.05) is 17.2 Å². The number of ketones is 1. The van der Waals surface area contributed by atoms with Gasteiger partial charge in [0.25, 0.3) is 0 Å². The second-order valence-electron chi connectivity index (χ2n) is 6.03. The summed E-state index contributed by atoms with van der Waals surface area (Å²) in [5.41, 5.74) is 2.37. The zero-order valence-corrected chi connectivity index (χ0v) is 15.0. The highest BCUT2D eigenvalue weighted by Crippen LogP contribution is 2.23. The van der Waals surface area contributed by atoms with Gasteiger partial charge in [-0.15, -0.1) is 0 Å². The second kappa shape index (κ2) is 9.11. The van der Waals surface area contributed by atoms with Crippen molar-refractivity contribution >= 4 is 17.8 Å². The maximum Gasteiger partial charge on any atom is 0.331 e. The van der Waals surface area contributed by atoms with E-state index in [-0.39, 0.29) is 5.78 Å². The molecule has 0 unspecified atom stereocenters. The van der Waals surface area contributed by atoms with E-state index in [4.69, 9.17) is 10.00 Å². The summed E-state index contributed by atoms with van der Waals surface area (Å²) in [7, 11) is 0. The van der Waals surface area contributed by atoms with Crippen molar-refractivity contribution in [3.05, 3.63) is 113 Å². The van der Waals surface area contributed by atoms with Crippen molar-refractivity contribution in [3.8, 4) is 6.07 Å². The minimum Gasteiger partial charge on any atom is -0.446 e. The molecule has 4 heteroatoms. The first-order valence-electron chi connectivity index (χ1n) is 8.70. The molecule has 0 aliphatic rings. The zero-order valence-electron chi connectivity index (χ0n) is 15.0. The van der Waals surface area contributed by atoms with Crippen LogP contribution < -0.4 is 0 Å². The van der Waals surface area contributed by atoms with Gasteiger partial charge in [0.2, 0.25) is 5.78 Å². The highest BCUT2D eigenvalue weighted by molar-refractivity contribution is 6.01. The van der Waals surface area contributed by atoms with Crippen molar-refractivity contribution in [2.45, 2.75) is 6.10 Å². The Morgan fingerprint density at radius 3 is 2.07 bits per heavy atom. The van der Waals surface area contributed by atoms with Crippen molar-refractivity contribution in [1.82, 2.24) is 0 Å². The Kier molecular flexibility index (Phi) is 6.12. The summed E-state index contributed by atoms with van der Waals surface area (Å²) in [6.45, 7) is 0. The molecular formula is C24H17NO3. The van der Waals surface area contributed by atoms with Gasteiger partial charge in [-0.2, -0.15) is 5.26 Å². The molecule has 0 saturated heterocycles. The van der Waals surface area contributed by atoms with Crippen molar-refractivity contribution in [1.29, 1.82) is 5.26 Å². The van der Waals surface area contributed by atoms with E-state index in [2.05, 4.69) is 0 Å². The van der Waals surface area contributed by atoms with Crippen LogP contribution in [0.5, 0.6) is 0 Å². The monoisotopic (exact) mass is 367 g/mol. The zero-order chi connectivity index (χ0) is 19.8. The van der Waals surface area contributed by atoms with Crippen molar-refractivity contribution in [2.75, 3.05) is 0 Å².